The van der Waals surface area contributed by atoms with Crippen LogP contribution in [0.3, 0.4) is 0 Å². The highest BCUT2D eigenvalue weighted by atomic mass is 16.6. The Morgan fingerprint density at radius 3 is 1.15 bits per heavy atom. The lowest BCUT2D eigenvalue weighted by molar-refractivity contribution is -0.163. The number of allylic oxidation sites excluding steroid dienone is 14. The lowest BCUT2D eigenvalue weighted by Gasteiger charge is -2.18. The van der Waals surface area contributed by atoms with E-state index in [-0.39, 0.29) is 25.2 Å². The lowest BCUT2D eigenvalue weighted by Crippen LogP contribution is -2.30. The Morgan fingerprint density at radius 1 is 0.348 bits per heavy atom. The van der Waals surface area contributed by atoms with Crippen LogP contribution in [0.5, 0.6) is 0 Å². The third-order valence-electron chi connectivity index (χ3n) is 11.9. The number of esters is 2. The molecule has 0 aromatic heterocycles. The van der Waals surface area contributed by atoms with Gasteiger partial charge in [0.25, 0.3) is 0 Å². The standard InChI is InChI=1S/C61H106O5/c1-4-7-10-13-16-19-22-24-26-28-30-32-34-36-38-41-44-47-50-53-56-64-57-59(66-61(63)55-52-49-46-43-39-21-18-15-12-9-6-3)58-65-60(62)54-51-48-45-42-40-37-35-33-31-29-27-25-23-20-17-14-11-8-5-2/h7,10,15-16,18-19,24,26,30,32,36,38,44,47,59H,4-6,8-9,11-14,17,20-23,25,27-29,31,33-35,37,39-43,45-46,48-58H2,1-3H3/b10-7-,18-15-,19-16-,26-24-,32-30-,38-36-,47-44-. The summed E-state index contributed by atoms with van der Waals surface area (Å²) < 4.78 is 17.4. The minimum Gasteiger partial charge on any atom is -0.462 e. The zero-order valence-corrected chi connectivity index (χ0v) is 43.7. The van der Waals surface area contributed by atoms with E-state index in [1.54, 1.807) is 0 Å². The van der Waals surface area contributed by atoms with Gasteiger partial charge in [-0.05, 0) is 83.5 Å². The maximum atomic E-state index is 12.8. The first-order valence-corrected chi connectivity index (χ1v) is 28.1. The number of hydrogen-bond donors (Lipinski definition) is 0. The molecule has 0 bridgehead atoms. The van der Waals surface area contributed by atoms with E-state index in [1.165, 1.54) is 141 Å². The molecule has 0 aliphatic carbocycles. The first-order valence-electron chi connectivity index (χ1n) is 28.1. The highest BCUT2D eigenvalue weighted by molar-refractivity contribution is 5.70. The normalized spacial score (nSPS) is 12.8. The van der Waals surface area contributed by atoms with Gasteiger partial charge in [0.1, 0.15) is 6.61 Å². The molecule has 0 amide bonds. The smallest absolute Gasteiger partial charge is 0.306 e. The molecule has 0 N–H and O–H groups in total. The SMILES string of the molecule is CC/C=C\C/C=C\C/C=C\C/C=C\C/C=C\C/C=C\CCCOCC(COC(=O)CCCCCCCCCCCCCCCCCCCCC)OC(=O)CCCCCCC/C=C\CCCC. The summed E-state index contributed by atoms with van der Waals surface area (Å²) >= 11 is 0. The van der Waals surface area contributed by atoms with Crippen molar-refractivity contribution in [2.45, 2.75) is 271 Å². The van der Waals surface area contributed by atoms with Crippen molar-refractivity contribution < 1.29 is 23.8 Å². The molecular weight excluding hydrogens is 813 g/mol. The molecule has 0 saturated carbocycles. The Morgan fingerprint density at radius 2 is 0.697 bits per heavy atom. The predicted molar refractivity (Wildman–Crippen MR) is 288 cm³/mol. The summed E-state index contributed by atoms with van der Waals surface area (Å²) in [4.78, 5) is 25.4. The van der Waals surface area contributed by atoms with Crippen LogP contribution in [0, 0.1) is 0 Å². The van der Waals surface area contributed by atoms with Gasteiger partial charge in [0.2, 0.25) is 0 Å². The summed E-state index contributed by atoms with van der Waals surface area (Å²) in [6.07, 6.45) is 74.8. The molecule has 0 rings (SSSR count). The van der Waals surface area contributed by atoms with Crippen molar-refractivity contribution in [3.8, 4) is 0 Å². The van der Waals surface area contributed by atoms with Crippen LogP contribution in [-0.4, -0.2) is 37.9 Å². The minimum atomic E-state index is -0.572. The van der Waals surface area contributed by atoms with Crippen LogP contribution < -0.4 is 0 Å². The van der Waals surface area contributed by atoms with E-state index in [2.05, 4.69) is 106 Å². The average molecular weight is 920 g/mol. The second-order valence-corrected chi connectivity index (χ2v) is 18.5. The maximum Gasteiger partial charge on any atom is 0.306 e. The molecule has 380 valence electrons. The summed E-state index contributed by atoms with van der Waals surface area (Å²) in [5.41, 5.74) is 0. The van der Waals surface area contributed by atoms with E-state index in [0.29, 0.717) is 19.4 Å². The molecular formula is C61H106O5. The van der Waals surface area contributed by atoms with Gasteiger partial charge in [0.15, 0.2) is 6.10 Å². The van der Waals surface area contributed by atoms with Gasteiger partial charge in [-0.25, -0.2) is 0 Å². The molecule has 0 aliphatic heterocycles. The van der Waals surface area contributed by atoms with Gasteiger partial charge in [0.05, 0.1) is 6.61 Å². The van der Waals surface area contributed by atoms with Crippen LogP contribution in [0.15, 0.2) is 85.1 Å². The second kappa shape index (κ2) is 56.4. The number of unbranched alkanes of at least 4 members (excludes halogenated alkanes) is 26. The Balaban J connectivity index is 4.30. The number of carbonyl (C=O) groups is 2. The van der Waals surface area contributed by atoms with E-state index < -0.39 is 6.10 Å². The van der Waals surface area contributed by atoms with Gasteiger partial charge in [-0.2, -0.15) is 0 Å². The van der Waals surface area contributed by atoms with Gasteiger partial charge >= 0.3 is 11.9 Å². The van der Waals surface area contributed by atoms with Crippen LogP contribution in [0.25, 0.3) is 0 Å². The van der Waals surface area contributed by atoms with E-state index in [0.717, 1.165) is 89.9 Å². The zero-order valence-electron chi connectivity index (χ0n) is 43.7. The van der Waals surface area contributed by atoms with Crippen molar-refractivity contribution in [3.63, 3.8) is 0 Å². The molecule has 1 unspecified atom stereocenters. The molecule has 0 saturated heterocycles. The van der Waals surface area contributed by atoms with Crippen LogP contribution in [-0.2, 0) is 23.8 Å². The van der Waals surface area contributed by atoms with Crippen molar-refractivity contribution in [2.75, 3.05) is 19.8 Å². The Hall–Kier alpha value is -2.92. The van der Waals surface area contributed by atoms with Crippen molar-refractivity contribution in [1.29, 1.82) is 0 Å². The third kappa shape index (κ3) is 53.7. The van der Waals surface area contributed by atoms with Crippen LogP contribution in [0.2, 0.25) is 0 Å². The highest BCUT2D eigenvalue weighted by Gasteiger charge is 2.17. The summed E-state index contributed by atoms with van der Waals surface area (Å²) in [5.74, 6) is -0.434. The van der Waals surface area contributed by atoms with Gasteiger partial charge < -0.3 is 14.2 Å². The molecule has 5 nitrogen and oxygen atoms in total. The largest absolute Gasteiger partial charge is 0.462 e. The summed E-state index contributed by atoms with van der Waals surface area (Å²) in [6.45, 7) is 7.55. The zero-order chi connectivity index (χ0) is 47.7. The second-order valence-electron chi connectivity index (χ2n) is 18.5. The number of ether oxygens (including phenoxy) is 3. The van der Waals surface area contributed by atoms with Crippen molar-refractivity contribution in [2.24, 2.45) is 0 Å². The predicted octanol–water partition coefficient (Wildman–Crippen LogP) is 19.2. The molecule has 0 radical (unpaired) electrons. The fourth-order valence-electron chi connectivity index (χ4n) is 7.74. The van der Waals surface area contributed by atoms with Gasteiger partial charge in [0, 0.05) is 19.4 Å². The van der Waals surface area contributed by atoms with Crippen molar-refractivity contribution in [3.05, 3.63) is 85.1 Å². The van der Waals surface area contributed by atoms with E-state index in [9.17, 15) is 9.59 Å². The summed E-state index contributed by atoms with van der Waals surface area (Å²) in [5, 5.41) is 0. The molecule has 0 aliphatic rings. The Kier molecular flexibility index (Phi) is 53.9. The van der Waals surface area contributed by atoms with Gasteiger partial charge in [-0.3, -0.25) is 9.59 Å². The highest BCUT2D eigenvalue weighted by Crippen LogP contribution is 2.16. The summed E-state index contributed by atoms with van der Waals surface area (Å²) in [6, 6.07) is 0. The molecule has 0 heterocycles. The van der Waals surface area contributed by atoms with Gasteiger partial charge in [-0.1, -0.05) is 254 Å². The maximum absolute atomic E-state index is 12.8. The van der Waals surface area contributed by atoms with Crippen LogP contribution in [0.4, 0.5) is 0 Å². The topological polar surface area (TPSA) is 61.8 Å². The van der Waals surface area contributed by atoms with Crippen molar-refractivity contribution in [1.82, 2.24) is 0 Å². The molecule has 0 fully saturated rings. The molecule has 0 aromatic carbocycles. The van der Waals surface area contributed by atoms with Crippen molar-refractivity contribution >= 4 is 11.9 Å². The average Bonchev–Trinajstić information content (AvgIpc) is 3.32. The quantitative estimate of drug-likeness (QED) is 0.0346. The van der Waals surface area contributed by atoms with Gasteiger partial charge in [-0.15, -0.1) is 0 Å². The lowest BCUT2D eigenvalue weighted by atomic mass is 10.0. The van der Waals surface area contributed by atoms with Crippen LogP contribution >= 0.6 is 0 Å². The molecule has 0 aromatic rings. The molecule has 1 atom stereocenters. The number of hydrogen-bond acceptors (Lipinski definition) is 5. The minimum absolute atomic E-state index is 0.0582. The van der Waals surface area contributed by atoms with E-state index >= 15 is 0 Å². The van der Waals surface area contributed by atoms with E-state index in [1.807, 2.05) is 0 Å². The molecule has 66 heavy (non-hydrogen) atoms. The summed E-state index contributed by atoms with van der Waals surface area (Å²) in [7, 11) is 0. The number of carbonyl (C=O) groups excluding carboxylic acids is 2. The molecule has 5 heteroatoms. The molecule has 0 spiro atoms. The monoisotopic (exact) mass is 919 g/mol. The first kappa shape index (κ1) is 63.1. The third-order valence-corrected chi connectivity index (χ3v) is 11.9. The number of rotatable bonds is 51. The fourth-order valence-corrected chi connectivity index (χ4v) is 7.74. The van der Waals surface area contributed by atoms with Crippen LogP contribution in [0.1, 0.15) is 265 Å². The Labute approximate surface area is 409 Å². The first-order chi connectivity index (χ1) is 32.6. The van der Waals surface area contributed by atoms with E-state index in [4.69, 9.17) is 14.2 Å². The fraction of sp³-hybridized carbons (Fsp3) is 0.738. The Bertz CT molecular complexity index is 1220.